The molecule has 20 heavy (non-hydrogen) atoms. The third-order valence-electron chi connectivity index (χ3n) is 3.38. The Morgan fingerprint density at radius 2 is 1.85 bits per heavy atom. The fraction of sp³-hybridized carbons (Fsp3) is 0.294. The summed E-state index contributed by atoms with van der Waals surface area (Å²) in [6, 6.07) is 16.3. The van der Waals surface area contributed by atoms with Gasteiger partial charge in [-0.15, -0.1) is 0 Å². The minimum absolute atomic E-state index is 0.0798. The summed E-state index contributed by atoms with van der Waals surface area (Å²) in [6.07, 6.45) is 0. The lowest BCUT2D eigenvalue weighted by atomic mass is 10.1. The monoisotopic (exact) mass is 271 g/mol. The number of ether oxygens (including phenoxy) is 1. The number of nitrogens with one attached hydrogen (secondary N) is 1. The van der Waals surface area contributed by atoms with Crippen LogP contribution in [0.2, 0.25) is 0 Å². The normalized spacial score (nSPS) is 12.2. The molecule has 2 rings (SSSR count). The van der Waals surface area contributed by atoms with Crippen LogP contribution in [0, 0.1) is 0 Å². The van der Waals surface area contributed by atoms with Crippen molar-refractivity contribution in [3.8, 4) is 5.75 Å². The summed E-state index contributed by atoms with van der Waals surface area (Å²) in [4.78, 5) is 0. The Bertz CT molecular complexity index is 554. The molecule has 0 aromatic heterocycles. The topological polar surface area (TPSA) is 41.5 Å². The molecule has 0 radical (unpaired) electrons. The molecule has 0 fully saturated rings. The molecule has 1 unspecified atom stereocenters. The van der Waals surface area contributed by atoms with Gasteiger partial charge in [0.1, 0.15) is 5.75 Å². The van der Waals surface area contributed by atoms with Crippen molar-refractivity contribution in [3.63, 3.8) is 0 Å². The van der Waals surface area contributed by atoms with E-state index >= 15 is 0 Å². The molecule has 3 heteroatoms. The van der Waals surface area contributed by atoms with E-state index in [9.17, 15) is 5.11 Å². The molecule has 2 N–H and O–H groups in total. The van der Waals surface area contributed by atoms with Gasteiger partial charge in [0.2, 0.25) is 0 Å². The molecule has 106 valence electrons. The number of aliphatic hydroxyl groups excluding tert-OH is 1. The lowest BCUT2D eigenvalue weighted by molar-refractivity contribution is 0.281. The average Bonchev–Trinajstić information content (AvgIpc) is 2.52. The Balaban J connectivity index is 1.98. The number of hydrogen-bond acceptors (Lipinski definition) is 3. The van der Waals surface area contributed by atoms with Crippen LogP contribution in [0.1, 0.15) is 29.7 Å². The average molecular weight is 271 g/mol. The molecule has 0 heterocycles. The van der Waals surface area contributed by atoms with Gasteiger partial charge in [0, 0.05) is 12.6 Å². The summed E-state index contributed by atoms with van der Waals surface area (Å²) in [5, 5.41) is 12.7. The maximum atomic E-state index is 9.18. The minimum Gasteiger partial charge on any atom is -0.497 e. The first-order valence-electron chi connectivity index (χ1n) is 6.79. The molecule has 1 atom stereocenters. The molecule has 0 saturated carbocycles. The van der Waals surface area contributed by atoms with E-state index in [0.717, 1.165) is 17.9 Å². The summed E-state index contributed by atoms with van der Waals surface area (Å²) in [5.74, 6) is 0.874. The van der Waals surface area contributed by atoms with E-state index in [1.165, 1.54) is 11.1 Å². The Hall–Kier alpha value is -1.84. The van der Waals surface area contributed by atoms with Crippen LogP contribution in [0.15, 0.2) is 48.5 Å². The highest BCUT2D eigenvalue weighted by Gasteiger charge is 2.06. The smallest absolute Gasteiger partial charge is 0.119 e. The molecular weight excluding hydrogens is 250 g/mol. The molecular formula is C17H21NO2. The van der Waals surface area contributed by atoms with Gasteiger partial charge in [0.05, 0.1) is 13.7 Å². The molecule has 2 aromatic carbocycles. The fourth-order valence-electron chi connectivity index (χ4n) is 2.13. The van der Waals surface area contributed by atoms with E-state index in [0.29, 0.717) is 0 Å². The molecule has 3 nitrogen and oxygen atoms in total. The zero-order chi connectivity index (χ0) is 14.4. The van der Waals surface area contributed by atoms with Crippen LogP contribution >= 0.6 is 0 Å². The maximum Gasteiger partial charge on any atom is 0.119 e. The van der Waals surface area contributed by atoms with Crippen molar-refractivity contribution >= 4 is 0 Å². The predicted octanol–water partition coefficient (Wildman–Crippen LogP) is 3.04. The Morgan fingerprint density at radius 3 is 2.60 bits per heavy atom. The molecule has 0 spiro atoms. The van der Waals surface area contributed by atoms with E-state index in [-0.39, 0.29) is 12.6 Å². The zero-order valence-electron chi connectivity index (χ0n) is 12.0. The third-order valence-corrected chi connectivity index (χ3v) is 3.38. The Kier molecular flexibility index (Phi) is 5.16. The molecule has 0 aliphatic heterocycles. The van der Waals surface area contributed by atoms with Crippen LogP contribution in [-0.2, 0) is 13.2 Å². The van der Waals surface area contributed by atoms with Gasteiger partial charge in [-0.2, -0.15) is 0 Å². The predicted molar refractivity (Wildman–Crippen MR) is 80.6 cm³/mol. The number of rotatable bonds is 6. The summed E-state index contributed by atoms with van der Waals surface area (Å²) in [6.45, 7) is 2.98. The standard InChI is InChI=1S/C17H21NO2/c1-13(16-7-3-6-15(9-16)12-19)18-11-14-5-4-8-17(10-14)20-2/h3-10,13,18-19H,11-12H2,1-2H3. The fourth-order valence-corrected chi connectivity index (χ4v) is 2.13. The van der Waals surface area contributed by atoms with Crippen molar-refractivity contribution in [2.45, 2.75) is 26.1 Å². The molecule has 0 bridgehead atoms. The molecule has 0 aliphatic carbocycles. The Morgan fingerprint density at radius 1 is 1.10 bits per heavy atom. The van der Waals surface area contributed by atoms with Gasteiger partial charge in [-0.05, 0) is 35.7 Å². The van der Waals surface area contributed by atoms with E-state index in [2.05, 4.69) is 24.4 Å². The zero-order valence-corrected chi connectivity index (χ0v) is 12.0. The number of hydrogen-bond donors (Lipinski definition) is 2. The second-order valence-corrected chi connectivity index (χ2v) is 4.86. The van der Waals surface area contributed by atoms with Gasteiger partial charge < -0.3 is 15.2 Å². The second-order valence-electron chi connectivity index (χ2n) is 4.86. The Labute approximate surface area is 120 Å². The van der Waals surface area contributed by atoms with Gasteiger partial charge in [-0.25, -0.2) is 0 Å². The van der Waals surface area contributed by atoms with Gasteiger partial charge in [-0.3, -0.25) is 0 Å². The first-order chi connectivity index (χ1) is 9.72. The molecule has 0 amide bonds. The first-order valence-corrected chi connectivity index (χ1v) is 6.79. The van der Waals surface area contributed by atoms with Crippen LogP contribution in [0.4, 0.5) is 0 Å². The molecule has 2 aromatic rings. The molecule has 0 aliphatic rings. The number of methoxy groups -OCH3 is 1. The molecule has 0 saturated heterocycles. The van der Waals surface area contributed by atoms with E-state index < -0.39 is 0 Å². The highest BCUT2D eigenvalue weighted by atomic mass is 16.5. The number of benzene rings is 2. The van der Waals surface area contributed by atoms with Crippen molar-refractivity contribution in [2.24, 2.45) is 0 Å². The summed E-state index contributed by atoms with van der Waals surface area (Å²) in [5.41, 5.74) is 3.31. The van der Waals surface area contributed by atoms with E-state index in [1.807, 2.05) is 36.4 Å². The van der Waals surface area contributed by atoms with E-state index in [1.54, 1.807) is 7.11 Å². The van der Waals surface area contributed by atoms with E-state index in [4.69, 9.17) is 4.74 Å². The highest BCUT2D eigenvalue weighted by molar-refractivity contribution is 5.29. The SMILES string of the molecule is COc1cccc(CNC(C)c2cccc(CO)c2)c1. The van der Waals surface area contributed by atoms with Gasteiger partial charge >= 0.3 is 0 Å². The van der Waals surface area contributed by atoms with Gasteiger partial charge in [0.15, 0.2) is 0 Å². The minimum atomic E-state index is 0.0798. The van der Waals surface area contributed by atoms with Crippen LogP contribution in [0.5, 0.6) is 5.75 Å². The lowest BCUT2D eigenvalue weighted by Gasteiger charge is -2.15. The quantitative estimate of drug-likeness (QED) is 0.848. The van der Waals surface area contributed by atoms with Crippen LogP contribution in [0.3, 0.4) is 0 Å². The van der Waals surface area contributed by atoms with Crippen LogP contribution in [0.25, 0.3) is 0 Å². The van der Waals surface area contributed by atoms with Crippen molar-refractivity contribution in [1.29, 1.82) is 0 Å². The maximum absolute atomic E-state index is 9.18. The van der Waals surface area contributed by atoms with Crippen LogP contribution < -0.4 is 10.1 Å². The first kappa shape index (κ1) is 14.6. The highest BCUT2D eigenvalue weighted by Crippen LogP contribution is 2.17. The van der Waals surface area contributed by atoms with Gasteiger partial charge in [-0.1, -0.05) is 36.4 Å². The van der Waals surface area contributed by atoms with Crippen molar-refractivity contribution < 1.29 is 9.84 Å². The van der Waals surface area contributed by atoms with Crippen molar-refractivity contribution in [1.82, 2.24) is 5.32 Å². The second kappa shape index (κ2) is 7.08. The largest absolute Gasteiger partial charge is 0.497 e. The van der Waals surface area contributed by atoms with Gasteiger partial charge in [0.25, 0.3) is 0 Å². The lowest BCUT2D eigenvalue weighted by Crippen LogP contribution is -2.18. The summed E-state index contributed by atoms with van der Waals surface area (Å²) < 4.78 is 5.22. The third kappa shape index (κ3) is 3.83. The van der Waals surface area contributed by atoms with Crippen LogP contribution in [-0.4, -0.2) is 12.2 Å². The summed E-state index contributed by atoms with van der Waals surface area (Å²) >= 11 is 0. The van der Waals surface area contributed by atoms with Crippen molar-refractivity contribution in [2.75, 3.05) is 7.11 Å². The van der Waals surface area contributed by atoms with Crippen molar-refractivity contribution in [3.05, 3.63) is 65.2 Å². The number of aliphatic hydroxyl groups is 1. The summed E-state index contributed by atoms with van der Waals surface area (Å²) in [7, 11) is 1.68.